The molecule has 2 amide bonds. The summed E-state index contributed by atoms with van der Waals surface area (Å²) in [5.41, 5.74) is 7.54. The standard InChI is InChI=1S/C38H38ClFN8O3/c1-21-25(27-9-6-10-30(34(27)39)44-37(50)36-43-32-20-46(3)13-12-33(32)47(36)4)7-5-8-26(21)38-45-31-16-23(15-24(17-41)35(31)51-38)18-42-29-11-14-48(22(2)49)19-28(29)40/h5-10,15-16,28-29,42H,11-14,18-20H2,1-4H3,(H,44,50)/t28-,29+/m0/s1. The highest BCUT2D eigenvalue weighted by Gasteiger charge is 2.30. The topological polar surface area (TPSA) is 132 Å². The quantitative estimate of drug-likeness (QED) is 0.210. The zero-order valence-corrected chi connectivity index (χ0v) is 29.6. The molecule has 0 unspecified atom stereocenters. The van der Waals surface area contributed by atoms with Crippen LogP contribution >= 0.6 is 11.6 Å². The zero-order valence-electron chi connectivity index (χ0n) is 28.9. The van der Waals surface area contributed by atoms with E-state index in [4.69, 9.17) is 21.0 Å². The first-order chi connectivity index (χ1) is 24.5. The molecule has 1 saturated heterocycles. The van der Waals surface area contributed by atoms with Crippen molar-refractivity contribution < 1.29 is 18.4 Å². The number of piperidine rings is 1. The van der Waals surface area contributed by atoms with Gasteiger partial charge in [0, 0.05) is 69.4 Å². The molecule has 4 heterocycles. The molecule has 7 rings (SSSR count). The van der Waals surface area contributed by atoms with Crippen LogP contribution in [0.2, 0.25) is 5.02 Å². The van der Waals surface area contributed by atoms with Crippen LogP contribution in [0.4, 0.5) is 10.1 Å². The Morgan fingerprint density at radius 3 is 2.63 bits per heavy atom. The first kappa shape index (κ1) is 34.4. The van der Waals surface area contributed by atoms with Crippen LogP contribution in [-0.2, 0) is 31.4 Å². The average molecular weight is 709 g/mol. The highest BCUT2D eigenvalue weighted by atomic mass is 35.5. The molecule has 2 aliphatic heterocycles. The van der Waals surface area contributed by atoms with Gasteiger partial charge in [0.25, 0.3) is 5.91 Å². The van der Waals surface area contributed by atoms with Crippen molar-refractivity contribution in [3.8, 4) is 28.7 Å². The Morgan fingerprint density at radius 1 is 1.10 bits per heavy atom. The minimum absolute atomic E-state index is 0.0649. The number of likely N-dealkylation sites (N-methyl/N-ethyl adjacent to an activating group) is 1. The number of hydrogen-bond acceptors (Lipinski definition) is 8. The van der Waals surface area contributed by atoms with Crippen LogP contribution in [0, 0.1) is 18.3 Å². The molecule has 2 atom stereocenters. The van der Waals surface area contributed by atoms with E-state index in [1.54, 1.807) is 12.1 Å². The molecule has 1 fully saturated rings. The van der Waals surface area contributed by atoms with E-state index >= 15 is 0 Å². The molecule has 262 valence electrons. The Labute approximate surface area is 300 Å². The number of carbonyl (C=O) groups is 2. The van der Waals surface area contributed by atoms with Crippen molar-refractivity contribution in [3.63, 3.8) is 0 Å². The lowest BCUT2D eigenvalue weighted by molar-refractivity contribution is -0.131. The Kier molecular flexibility index (Phi) is 9.37. The number of benzene rings is 3. The van der Waals surface area contributed by atoms with Crippen LogP contribution in [0.15, 0.2) is 52.9 Å². The second-order valence-electron chi connectivity index (χ2n) is 13.4. The van der Waals surface area contributed by atoms with Gasteiger partial charge in [0.1, 0.15) is 17.8 Å². The zero-order chi connectivity index (χ0) is 36.0. The van der Waals surface area contributed by atoms with Crippen molar-refractivity contribution in [2.45, 2.75) is 52.0 Å². The number of imidazole rings is 1. The first-order valence-electron chi connectivity index (χ1n) is 16.9. The molecular weight excluding hydrogens is 671 g/mol. The molecule has 2 aromatic heterocycles. The summed E-state index contributed by atoms with van der Waals surface area (Å²) >= 11 is 6.97. The maximum absolute atomic E-state index is 14.8. The van der Waals surface area contributed by atoms with Gasteiger partial charge in [0.05, 0.1) is 28.5 Å². The maximum Gasteiger partial charge on any atom is 0.291 e. The second-order valence-corrected chi connectivity index (χ2v) is 13.7. The van der Waals surface area contributed by atoms with Crippen LogP contribution in [0.5, 0.6) is 0 Å². The van der Waals surface area contributed by atoms with Gasteiger partial charge >= 0.3 is 0 Å². The summed E-state index contributed by atoms with van der Waals surface area (Å²) in [6, 6.07) is 16.6. The summed E-state index contributed by atoms with van der Waals surface area (Å²) in [7, 11) is 3.91. The smallest absolute Gasteiger partial charge is 0.291 e. The third kappa shape index (κ3) is 6.60. The molecule has 2 N–H and O–H groups in total. The highest BCUT2D eigenvalue weighted by molar-refractivity contribution is 6.36. The van der Waals surface area contributed by atoms with E-state index in [1.165, 1.54) is 11.8 Å². The van der Waals surface area contributed by atoms with Crippen molar-refractivity contribution in [1.82, 2.24) is 29.7 Å². The van der Waals surface area contributed by atoms with Gasteiger partial charge in [-0.3, -0.25) is 9.59 Å². The molecule has 51 heavy (non-hydrogen) atoms. The monoisotopic (exact) mass is 708 g/mol. The van der Waals surface area contributed by atoms with Crippen molar-refractivity contribution in [1.29, 1.82) is 5.26 Å². The highest BCUT2D eigenvalue weighted by Crippen LogP contribution is 2.39. The molecule has 0 spiro atoms. The normalized spacial score (nSPS) is 17.7. The number of hydrogen-bond donors (Lipinski definition) is 2. The molecule has 0 bridgehead atoms. The lowest BCUT2D eigenvalue weighted by atomic mass is 9.96. The Bertz CT molecular complexity index is 2220. The lowest BCUT2D eigenvalue weighted by Crippen LogP contribution is -2.51. The number of carbonyl (C=O) groups excluding carboxylic acids is 2. The Morgan fingerprint density at radius 2 is 1.86 bits per heavy atom. The number of anilines is 1. The van der Waals surface area contributed by atoms with Crippen LogP contribution in [0.1, 0.15) is 52.0 Å². The summed E-state index contributed by atoms with van der Waals surface area (Å²) in [4.78, 5) is 38.2. The Hall–Kier alpha value is -5.09. The van der Waals surface area contributed by atoms with E-state index in [0.717, 1.165) is 52.2 Å². The van der Waals surface area contributed by atoms with Gasteiger partial charge in [-0.05, 0) is 61.3 Å². The third-order valence-corrected chi connectivity index (χ3v) is 10.4. The van der Waals surface area contributed by atoms with E-state index in [0.29, 0.717) is 65.1 Å². The maximum atomic E-state index is 14.8. The van der Waals surface area contributed by atoms with E-state index < -0.39 is 12.2 Å². The van der Waals surface area contributed by atoms with E-state index in [-0.39, 0.29) is 18.4 Å². The van der Waals surface area contributed by atoms with Gasteiger partial charge in [-0.25, -0.2) is 14.4 Å². The second kappa shape index (κ2) is 13.9. The van der Waals surface area contributed by atoms with Crippen LogP contribution in [0.25, 0.3) is 33.7 Å². The first-order valence-corrected chi connectivity index (χ1v) is 17.3. The summed E-state index contributed by atoms with van der Waals surface area (Å²) in [6.45, 7) is 5.90. The average Bonchev–Trinajstić information content (AvgIpc) is 3.69. The van der Waals surface area contributed by atoms with Crippen molar-refractivity contribution in [2.75, 3.05) is 32.0 Å². The number of halogens is 2. The minimum atomic E-state index is -1.19. The molecule has 0 aliphatic carbocycles. The van der Waals surface area contributed by atoms with E-state index in [2.05, 4.69) is 26.6 Å². The molecule has 3 aromatic carbocycles. The largest absolute Gasteiger partial charge is 0.435 e. The predicted octanol–water partition coefficient (Wildman–Crippen LogP) is 6.02. The number of aromatic nitrogens is 3. The number of alkyl halides is 1. The number of rotatable bonds is 7. The molecule has 11 nitrogen and oxygen atoms in total. The molecule has 0 saturated carbocycles. The SMILES string of the molecule is CC(=O)N1CC[C@@H](NCc2cc(C#N)c3oc(-c4cccc(-c5cccc(NC(=O)c6nc7c(n6C)CCN(C)C7)c5Cl)c4C)nc3c2)[C@@H](F)C1. The molecule has 13 heteroatoms. The molecule has 0 radical (unpaired) electrons. The molecule has 2 aliphatic rings. The van der Waals surface area contributed by atoms with Crippen molar-refractivity contribution in [3.05, 3.63) is 87.5 Å². The van der Waals surface area contributed by atoms with E-state index in [1.807, 2.05) is 62.0 Å². The van der Waals surface area contributed by atoms with Gasteiger partial charge in [0.15, 0.2) is 11.4 Å². The number of amides is 2. The Balaban J connectivity index is 1.13. The van der Waals surface area contributed by atoms with Gasteiger partial charge in [-0.15, -0.1) is 0 Å². The fourth-order valence-electron chi connectivity index (χ4n) is 7.10. The summed E-state index contributed by atoms with van der Waals surface area (Å²) in [5, 5.41) is 16.6. The van der Waals surface area contributed by atoms with Crippen LogP contribution < -0.4 is 10.6 Å². The van der Waals surface area contributed by atoms with Crippen LogP contribution in [-0.4, -0.2) is 75.0 Å². The predicted molar refractivity (Wildman–Crippen MR) is 193 cm³/mol. The lowest BCUT2D eigenvalue weighted by Gasteiger charge is -2.34. The molecular formula is C38H38ClFN8O3. The van der Waals surface area contributed by atoms with E-state index in [9.17, 15) is 19.2 Å². The number of nitrogens with zero attached hydrogens (tertiary/aromatic N) is 6. The number of nitrogens with one attached hydrogen (secondary N) is 2. The minimum Gasteiger partial charge on any atom is -0.435 e. The summed E-state index contributed by atoms with van der Waals surface area (Å²) < 4.78 is 22.9. The fraction of sp³-hybridized carbons (Fsp3) is 0.342. The molecule has 5 aromatic rings. The van der Waals surface area contributed by atoms with Crippen molar-refractivity contribution in [2.24, 2.45) is 7.05 Å². The summed E-state index contributed by atoms with van der Waals surface area (Å²) in [5.74, 6) is 0.214. The number of nitriles is 1. The number of likely N-dealkylation sites (tertiary alicyclic amines) is 1. The fourth-order valence-corrected chi connectivity index (χ4v) is 7.37. The van der Waals surface area contributed by atoms with Gasteiger partial charge in [-0.1, -0.05) is 35.9 Å². The van der Waals surface area contributed by atoms with Gasteiger partial charge < -0.3 is 29.4 Å². The number of oxazole rings is 1. The number of fused-ring (bicyclic) bond motifs is 2. The van der Waals surface area contributed by atoms with Gasteiger partial charge in [-0.2, -0.15) is 5.26 Å². The third-order valence-electron chi connectivity index (χ3n) is 9.98. The van der Waals surface area contributed by atoms with Gasteiger partial charge in [0.2, 0.25) is 11.8 Å². The summed E-state index contributed by atoms with van der Waals surface area (Å²) in [6.07, 6.45) is 0.144. The van der Waals surface area contributed by atoms with Crippen molar-refractivity contribution >= 4 is 40.2 Å². The van der Waals surface area contributed by atoms with Crippen LogP contribution in [0.3, 0.4) is 0 Å².